The lowest BCUT2D eigenvalue weighted by Gasteiger charge is -2.40. The summed E-state index contributed by atoms with van der Waals surface area (Å²) in [6.45, 7) is 3.40. The third-order valence-corrected chi connectivity index (χ3v) is 5.67. The average molecular weight is 441 g/mol. The molecule has 0 spiro atoms. The predicted molar refractivity (Wildman–Crippen MR) is 116 cm³/mol. The van der Waals surface area contributed by atoms with Crippen LogP contribution in [0.3, 0.4) is 0 Å². The van der Waals surface area contributed by atoms with Gasteiger partial charge in [-0.2, -0.15) is 0 Å². The smallest absolute Gasteiger partial charge is 0.254 e. The van der Waals surface area contributed by atoms with E-state index >= 15 is 0 Å². The van der Waals surface area contributed by atoms with Crippen LogP contribution in [0, 0.1) is 11.7 Å². The van der Waals surface area contributed by atoms with E-state index in [0.29, 0.717) is 41.4 Å². The Morgan fingerprint density at radius 1 is 1.13 bits per heavy atom. The standard InChI is InChI=1S/C22H22ClFN6O/c1-14-3-2-8-30(19(14)13-29-22-27-9-17(23)10-28-22)21(31)16-6-4-15(5-7-16)20-25-11-18(24)12-26-20/h4-7,9-12,14,19H,2-3,8,13H2,1H3,(H,27,28,29)/t14-,19-/m1/s1. The van der Waals surface area contributed by atoms with Gasteiger partial charge >= 0.3 is 0 Å². The zero-order valence-electron chi connectivity index (χ0n) is 17.0. The monoisotopic (exact) mass is 440 g/mol. The zero-order chi connectivity index (χ0) is 21.8. The quantitative estimate of drug-likeness (QED) is 0.643. The van der Waals surface area contributed by atoms with Crippen molar-refractivity contribution in [1.82, 2.24) is 24.8 Å². The SMILES string of the molecule is C[C@@H]1CCCN(C(=O)c2ccc(-c3ncc(F)cn3)cc2)[C@@H]1CNc1ncc(Cl)cn1. The number of rotatable bonds is 5. The molecule has 1 aliphatic rings. The number of benzene rings is 1. The molecule has 0 saturated carbocycles. The van der Waals surface area contributed by atoms with E-state index in [1.165, 1.54) is 12.4 Å². The second-order valence-corrected chi connectivity index (χ2v) is 8.03. The van der Waals surface area contributed by atoms with Crippen LogP contribution in [-0.2, 0) is 0 Å². The first-order valence-corrected chi connectivity index (χ1v) is 10.5. The fraction of sp³-hybridized carbons (Fsp3) is 0.318. The summed E-state index contributed by atoms with van der Waals surface area (Å²) in [5, 5.41) is 3.70. The van der Waals surface area contributed by atoms with Gasteiger partial charge in [0, 0.05) is 24.2 Å². The number of halogens is 2. The average Bonchev–Trinajstić information content (AvgIpc) is 2.79. The van der Waals surface area contributed by atoms with E-state index in [2.05, 4.69) is 32.2 Å². The maximum atomic E-state index is 13.3. The molecule has 1 amide bonds. The number of anilines is 1. The maximum absolute atomic E-state index is 13.3. The van der Waals surface area contributed by atoms with E-state index in [1.54, 1.807) is 24.3 Å². The fourth-order valence-electron chi connectivity index (χ4n) is 3.80. The first-order chi connectivity index (χ1) is 15.0. The Morgan fingerprint density at radius 2 is 1.81 bits per heavy atom. The summed E-state index contributed by atoms with van der Waals surface area (Å²) in [6, 6.07) is 7.10. The summed E-state index contributed by atoms with van der Waals surface area (Å²) in [6.07, 6.45) is 7.34. The minimum Gasteiger partial charge on any atom is -0.352 e. The molecule has 9 heteroatoms. The van der Waals surface area contributed by atoms with Crippen LogP contribution < -0.4 is 5.32 Å². The van der Waals surface area contributed by atoms with Crippen molar-refractivity contribution in [3.8, 4) is 11.4 Å². The summed E-state index contributed by atoms with van der Waals surface area (Å²) < 4.78 is 13.0. The van der Waals surface area contributed by atoms with Gasteiger partial charge in [-0.15, -0.1) is 0 Å². The number of nitrogens with zero attached hydrogens (tertiary/aromatic N) is 5. The molecule has 1 aliphatic heterocycles. The summed E-state index contributed by atoms with van der Waals surface area (Å²) in [5.74, 6) is 0.722. The molecule has 160 valence electrons. The third kappa shape index (κ3) is 4.96. The highest BCUT2D eigenvalue weighted by atomic mass is 35.5. The van der Waals surface area contributed by atoms with Crippen molar-refractivity contribution >= 4 is 23.5 Å². The van der Waals surface area contributed by atoms with Gasteiger partial charge in [-0.25, -0.2) is 24.3 Å². The van der Waals surface area contributed by atoms with Crippen molar-refractivity contribution in [1.29, 1.82) is 0 Å². The Morgan fingerprint density at radius 3 is 2.48 bits per heavy atom. The van der Waals surface area contributed by atoms with Gasteiger partial charge < -0.3 is 10.2 Å². The number of amides is 1. The minimum absolute atomic E-state index is 0.0145. The highest BCUT2D eigenvalue weighted by Gasteiger charge is 2.32. The van der Waals surface area contributed by atoms with E-state index in [0.717, 1.165) is 30.8 Å². The second-order valence-electron chi connectivity index (χ2n) is 7.59. The number of piperidine rings is 1. The molecule has 2 aromatic heterocycles. The van der Waals surface area contributed by atoms with Crippen molar-refractivity contribution < 1.29 is 9.18 Å². The van der Waals surface area contributed by atoms with Crippen LogP contribution in [-0.4, -0.2) is 49.9 Å². The van der Waals surface area contributed by atoms with Crippen molar-refractivity contribution in [3.05, 3.63) is 65.5 Å². The first-order valence-electron chi connectivity index (χ1n) is 10.1. The van der Waals surface area contributed by atoms with Gasteiger partial charge in [0.2, 0.25) is 5.95 Å². The molecule has 0 bridgehead atoms. The van der Waals surface area contributed by atoms with Gasteiger partial charge in [0.1, 0.15) is 0 Å². The number of likely N-dealkylation sites (tertiary alicyclic amines) is 1. The lowest BCUT2D eigenvalue weighted by Crippen LogP contribution is -2.51. The summed E-state index contributed by atoms with van der Waals surface area (Å²) in [4.78, 5) is 31.5. The number of nitrogens with one attached hydrogen (secondary N) is 1. The van der Waals surface area contributed by atoms with Crippen molar-refractivity contribution in [3.63, 3.8) is 0 Å². The Bertz CT molecular complexity index is 1030. The van der Waals surface area contributed by atoms with Gasteiger partial charge in [-0.1, -0.05) is 30.7 Å². The van der Waals surface area contributed by atoms with Crippen LogP contribution in [0.4, 0.5) is 10.3 Å². The van der Waals surface area contributed by atoms with Crippen LogP contribution >= 0.6 is 11.6 Å². The maximum Gasteiger partial charge on any atom is 0.254 e. The highest BCUT2D eigenvalue weighted by Crippen LogP contribution is 2.26. The van der Waals surface area contributed by atoms with Crippen LogP contribution in [0.2, 0.25) is 5.02 Å². The number of hydrogen-bond acceptors (Lipinski definition) is 6. The van der Waals surface area contributed by atoms with Gasteiger partial charge in [0.15, 0.2) is 11.6 Å². The highest BCUT2D eigenvalue weighted by molar-refractivity contribution is 6.30. The molecule has 7 nitrogen and oxygen atoms in total. The number of carbonyl (C=O) groups is 1. The van der Waals surface area contributed by atoms with E-state index in [9.17, 15) is 9.18 Å². The van der Waals surface area contributed by atoms with E-state index in [1.807, 2.05) is 4.90 Å². The lowest BCUT2D eigenvalue weighted by atomic mass is 9.90. The predicted octanol–water partition coefficient (Wildman–Crippen LogP) is 4.08. The third-order valence-electron chi connectivity index (χ3n) is 5.48. The summed E-state index contributed by atoms with van der Waals surface area (Å²) in [5.41, 5.74) is 1.31. The molecule has 2 atom stereocenters. The topological polar surface area (TPSA) is 83.9 Å². The molecule has 4 rings (SSSR count). The fourth-order valence-corrected chi connectivity index (χ4v) is 3.90. The Kier molecular flexibility index (Phi) is 6.36. The molecule has 0 unspecified atom stereocenters. The normalized spacial score (nSPS) is 18.6. The zero-order valence-corrected chi connectivity index (χ0v) is 17.8. The first kappa shape index (κ1) is 21.1. The Balaban J connectivity index is 1.48. The number of carbonyl (C=O) groups excluding carboxylic acids is 1. The van der Waals surface area contributed by atoms with Gasteiger partial charge in [-0.05, 0) is 30.9 Å². The van der Waals surface area contributed by atoms with Gasteiger partial charge in [-0.3, -0.25) is 4.79 Å². The number of aromatic nitrogens is 4. The lowest BCUT2D eigenvalue weighted by molar-refractivity contribution is 0.0540. The van der Waals surface area contributed by atoms with Gasteiger partial charge in [0.25, 0.3) is 5.91 Å². The van der Waals surface area contributed by atoms with E-state index in [-0.39, 0.29) is 11.9 Å². The van der Waals surface area contributed by atoms with Crippen molar-refractivity contribution in [2.45, 2.75) is 25.8 Å². The van der Waals surface area contributed by atoms with Gasteiger partial charge in [0.05, 0.1) is 35.9 Å². The summed E-state index contributed by atoms with van der Waals surface area (Å²) >= 11 is 5.84. The molecule has 1 N–H and O–H groups in total. The van der Waals surface area contributed by atoms with Crippen LogP contribution in [0.15, 0.2) is 49.1 Å². The molecule has 1 saturated heterocycles. The van der Waals surface area contributed by atoms with Crippen molar-refractivity contribution in [2.24, 2.45) is 5.92 Å². The molecule has 0 aliphatic carbocycles. The van der Waals surface area contributed by atoms with Crippen LogP contribution in [0.1, 0.15) is 30.1 Å². The molecule has 1 aromatic carbocycles. The van der Waals surface area contributed by atoms with Crippen LogP contribution in [0.5, 0.6) is 0 Å². The second kappa shape index (κ2) is 9.34. The molecule has 3 heterocycles. The molecular weight excluding hydrogens is 419 g/mol. The molecule has 0 radical (unpaired) electrons. The largest absolute Gasteiger partial charge is 0.352 e. The van der Waals surface area contributed by atoms with Crippen molar-refractivity contribution in [2.75, 3.05) is 18.4 Å². The van der Waals surface area contributed by atoms with E-state index in [4.69, 9.17) is 11.6 Å². The number of hydrogen-bond donors (Lipinski definition) is 1. The van der Waals surface area contributed by atoms with E-state index < -0.39 is 5.82 Å². The molecular formula is C22H22ClFN6O. The van der Waals surface area contributed by atoms with Crippen LogP contribution in [0.25, 0.3) is 11.4 Å². The Hall–Kier alpha value is -3.13. The summed E-state index contributed by atoms with van der Waals surface area (Å²) in [7, 11) is 0. The molecule has 3 aromatic rings. The molecule has 1 fully saturated rings. The minimum atomic E-state index is -0.488. The molecule has 31 heavy (non-hydrogen) atoms. The Labute approximate surface area is 184 Å².